The number of nitriles is 1. The van der Waals surface area contributed by atoms with E-state index in [0.717, 1.165) is 0 Å². The maximum atomic E-state index is 11.9. The highest BCUT2D eigenvalue weighted by Gasteiger charge is 2.15. The molecule has 0 amide bonds. The van der Waals surface area contributed by atoms with Gasteiger partial charge in [0.1, 0.15) is 11.5 Å². The van der Waals surface area contributed by atoms with E-state index in [1.165, 1.54) is 31.4 Å². The molecule has 0 heterocycles. The normalized spacial score (nSPS) is 10.8. The average Bonchev–Trinajstić information content (AvgIpc) is 2.62. The van der Waals surface area contributed by atoms with Crippen LogP contribution in [0.15, 0.2) is 41.3 Å². The summed E-state index contributed by atoms with van der Waals surface area (Å²) in [5.41, 5.74) is 0.856. The van der Waals surface area contributed by atoms with E-state index in [1.54, 1.807) is 19.1 Å². The lowest BCUT2D eigenvalue weighted by atomic mass is 10.1. The van der Waals surface area contributed by atoms with Crippen LogP contribution in [-0.4, -0.2) is 27.2 Å². The van der Waals surface area contributed by atoms with Gasteiger partial charge in [-0.15, -0.1) is 0 Å². The van der Waals surface area contributed by atoms with Crippen molar-refractivity contribution in [2.24, 2.45) is 0 Å². The quantitative estimate of drug-likeness (QED) is 0.697. The van der Waals surface area contributed by atoms with E-state index in [-0.39, 0.29) is 27.8 Å². The Morgan fingerprint density at radius 3 is 2.54 bits per heavy atom. The first-order valence-corrected chi connectivity index (χ1v) is 9.63. The van der Waals surface area contributed by atoms with Crippen LogP contribution in [0, 0.1) is 11.3 Å². The second-order valence-corrected chi connectivity index (χ2v) is 8.01. The molecule has 136 valence electrons. The number of hydrogen-bond donors (Lipinski definition) is 0. The van der Waals surface area contributed by atoms with Crippen LogP contribution < -0.4 is 4.74 Å². The van der Waals surface area contributed by atoms with E-state index in [0.29, 0.717) is 16.9 Å². The van der Waals surface area contributed by atoms with E-state index in [4.69, 9.17) is 21.6 Å². The van der Waals surface area contributed by atoms with Gasteiger partial charge in [0.05, 0.1) is 40.8 Å². The Labute approximate surface area is 156 Å². The summed E-state index contributed by atoms with van der Waals surface area (Å²) < 4.78 is 34.1. The molecule has 6 nitrogen and oxygen atoms in total. The number of carbonyl (C=O) groups is 1. The van der Waals surface area contributed by atoms with Crippen molar-refractivity contribution in [2.45, 2.75) is 18.2 Å². The van der Waals surface area contributed by atoms with Crippen molar-refractivity contribution in [3.05, 3.63) is 52.5 Å². The minimum absolute atomic E-state index is 0.0101. The number of methoxy groups -OCH3 is 1. The molecule has 8 heteroatoms. The highest BCUT2D eigenvalue weighted by atomic mass is 35.5. The van der Waals surface area contributed by atoms with Crippen molar-refractivity contribution in [1.82, 2.24) is 0 Å². The van der Waals surface area contributed by atoms with Crippen LogP contribution in [0.5, 0.6) is 11.5 Å². The van der Waals surface area contributed by atoms with E-state index >= 15 is 0 Å². The molecule has 0 aromatic heterocycles. The van der Waals surface area contributed by atoms with E-state index in [1.807, 2.05) is 6.07 Å². The molecule has 0 unspecified atom stereocenters. The van der Waals surface area contributed by atoms with E-state index in [9.17, 15) is 13.2 Å². The van der Waals surface area contributed by atoms with Gasteiger partial charge in [-0.05, 0) is 42.0 Å². The zero-order valence-electron chi connectivity index (χ0n) is 14.2. The Morgan fingerprint density at radius 1 is 1.23 bits per heavy atom. The van der Waals surface area contributed by atoms with Crippen LogP contribution >= 0.6 is 11.6 Å². The smallest absolute Gasteiger partial charge is 0.309 e. The largest absolute Gasteiger partial charge is 0.469 e. The van der Waals surface area contributed by atoms with Crippen molar-refractivity contribution in [3.8, 4) is 17.6 Å². The van der Waals surface area contributed by atoms with Crippen molar-refractivity contribution in [2.75, 3.05) is 12.9 Å². The number of rotatable bonds is 6. The number of benzene rings is 2. The van der Waals surface area contributed by atoms with Crippen LogP contribution in [-0.2, 0) is 25.8 Å². The molecule has 0 aliphatic heterocycles. The number of nitrogens with zero attached hydrogens (tertiary/aromatic N) is 1. The van der Waals surface area contributed by atoms with Crippen molar-refractivity contribution in [1.29, 1.82) is 5.26 Å². The molecule has 0 N–H and O–H groups in total. The van der Waals surface area contributed by atoms with E-state index in [2.05, 4.69) is 4.74 Å². The number of halogens is 1. The molecular weight excluding hydrogens is 378 g/mol. The fourth-order valence-corrected chi connectivity index (χ4v) is 3.37. The average molecular weight is 394 g/mol. The van der Waals surface area contributed by atoms with Crippen molar-refractivity contribution in [3.63, 3.8) is 0 Å². The number of ether oxygens (including phenoxy) is 2. The molecular formula is C18H16ClNO5S. The number of sulfone groups is 1. The monoisotopic (exact) mass is 393 g/mol. The third-order valence-electron chi connectivity index (χ3n) is 3.54. The minimum atomic E-state index is -3.38. The summed E-state index contributed by atoms with van der Waals surface area (Å²) in [7, 11) is -2.10. The van der Waals surface area contributed by atoms with Crippen molar-refractivity contribution < 1.29 is 22.7 Å². The minimum Gasteiger partial charge on any atom is -0.469 e. The SMILES string of the molecule is CCS(=O)(=O)c1ccc(Oc2cc(C#N)cc(CC(=O)OC)c2)c(Cl)c1. The first-order valence-electron chi connectivity index (χ1n) is 7.60. The fourth-order valence-electron chi connectivity index (χ4n) is 2.18. The first-order chi connectivity index (χ1) is 12.3. The Bertz CT molecular complexity index is 980. The molecule has 0 spiro atoms. The molecule has 0 fully saturated rings. The lowest BCUT2D eigenvalue weighted by Gasteiger charge is -2.11. The predicted molar refractivity (Wildman–Crippen MR) is 96.1 cm³/mol. The van der Waals surface area contributed by atoms with Gasteiger partial charge in [-0.25, -0.2) is 8.42 Å². The van der Waals surface area contributed by atoms with Gasteiger partial charge in [0.25, 0.3) is 0 Å². The summed E-state index contributed by atoms with van der Waals surface area (Å²) in [5.74, 6) is 0.0555. The highest BCUT2D eigenvalue weighted by Crippen LogP contribution is 2.32. The number of esters is 1. The Morgan fingerprint density at radius 2 is 1.96 bits per heavy atom. The summed E-state index contributed by atoms with van der Waals surface area (Å²) in [6, 6.07) is 10.8. The molecule has 26 heavy (non-hydrogen) atoms. The third-order valence-corrected chi connectivity index (χ3v) is 5.57. The van der Waals surface area contributed by atoms with Crippen LogP contribution in [0.4, 0.5) is 0 Å². The fraction of sp³-hybridized carbons (Fsp3) is 0.222. The van der Waals surface area contributed by atoms with Gasteiger partial charge in [0.2, 0.25) is 0 Å². The molecule has 0 atom stereocenters. The second kappa shape index (κ2) is 8.21. The van der Waals surface area contributed by atoms with Gasteiger partial charge in [-0.2, -0.15) is 5.26 Å². The topological polar surface area (TPSA) is 93.5 Å². The molecule has 2 aromatic carbocycles. The number of carbonyl (C=O) groups excluding carboxylic acids is 1. The van der Waals surface area contributed by atoms with Crippen LogP contribution in [0.25, 0.3) is 0 Å². The maximum Gasteiger partial charge on any atom is 0.309 e. The van der Waals surface area contributed by atoms with Crippen molar-refractivity contribution >= 4 is 27.4 Å². The van der Waals surface area contributed by atoms with Gasteiger partial charge in [0.15, 0.2) is 9.84 Å². The maximum absolute atomic E-state index is 11.9. The molecule has 0 bridgehead atoms. The summed E-state index contributed by atoms with van der Waals surface area (Å²) in [6.45, 7) is 1.55. The summed E-state index contributed by atoms with van der Waals surface area (Å²) in [5, 5.41) is 9.26. The second-order valence-electron chi connectivity index (χ2n) is 5.33. The predicted octanol–water partition coefficient (Wildman–Crippen LogP) is 3.51. The third kappa shape index (κ3) is 4.75. The molecule has 0 saturated carbocycles. The summed E-state index contributed by atoms with van der Waals surface area (Å²) in [4.78, 5) is 11.5. The van der Waals surface area contributed by atoms with Crippen LogP contribution in [0.3, 0.4) is 0 Å². The van der Waals surface area contributed by atoms with E-state index < -0.39 is 15.8 Å². The highest BCUT2D eigenvalue weighted by molar-refractivity contribution is 7.91. The first kappa shape index (κ1) is 19.8. The van der Waals surface area contributed by atoms with Gasteiger partial charge in [-0.1, -0.05) is 18.5 Å². The Kier molecular flexibility index (Phi) is 6.24. The standard InChI is InChI=1S/C18H16ClNO5S/c1-3-26(22,23)15-4-5-17(16(19)10-15)25-14-7-12(9-18(21)24-2)6-13(8-14)11-20/h4-8,10H,3,9H2,1-2H3. The molecule has 0 aliphatic rings. The van der Waals surface area contributed by atoms with Gasteiger partial charge in [0, 0.05) is 0 Å². The lowest BCUT2D eigenvalue weighted by Crippen LogP contribution is -2.05. The molecule has 0 aliphatic carbocycles. The summed E-state index contributed by atoms with van der Waals surface area (Å²) >= 11 is 6.13. The summed E-state index contributed by atoms with van der Waals surface area (Å²) in [6.07, 6.45) is -0.0101. The zero-order chi connectivity index (χ0) is 19.3. The Hall–Kier alpha value is -2.56. The number of hydrogen-bond acceptors (Lipinski definition) is 6. The zero-order valence-corrected chi connectivity index (χ0v) is 15.7. The van der Waals surface area contributed by atoms with Gasteiger partial charge in [-0.3, -0.25) is 4.79 Å². The van der Waals surface area contributed by atoms with Gasteiger partial charge < -0.3 is 9.47 Å². The molecule has 0 saturated heterocycles. The molecule has 2 aromatic rings. The lowest BCUT2D eigenvalue weighted by molar-refractivity contribution is -0.139. The van der Waals surface area contributed by atoms with Crippen LogP contribution in [0.2, 0.25) is 5.02 Å². The van der Waals surface area contributed by atoms with Gasteiger partial charge >= 0.3 is 5.97 Å². The Balaban J connectivity index is 2.35. The molecule has 0 radical (unpaired) electrons. The van der Waals surface area contributed by atoms with Crippen LogP contribution in [0.1, 0.15) is 18.1 Å². The molecule has 2 rings (SSSR count).